The van der Waals surface area contributed by atoms with Gasteiger partial charge < -0.3 is 5.32 Å². The molecular formula is C14H12BrClFN. The van der Waals surface area contributed by atoms with Crippen molar-refractivity contribution < 1.29 is 4.39 Å². The molecule has 0 aliphatic heterocycles. The molecule has 0 bridgehead atoms. The number of anilines is 1. The Bertz CT molecular complexity index is 542. The molecule has 0 heterocycles. The average molecular weight is 329 g/mol. The van der Waals surface area contributed by atoms with Gasteiger partial charge >= 0.3 is 0 Å². The van der Waals surface area contributed by atoms with Crippen molar-refractivity contribution >= 4 is 33.2 Å². The van der Waals surface area contributed by atoms with Crippen molar-refractivity contribution in [3.8, 4) is 0 Å². The van der Waals surface area contributed by atoms with Crippen LogP contribution >= 0.6 is 27.5 Å². The molecule has 0 aliphatic rings. The molecule has 2 aromatic carbocycles. The van der Waals surface area contributed by atoms with Crippen LogP contribution in [0.25, 0.3) is 0 Å². The maximum Gasteiger partial charge on any atom is 0.125 e. The quantitative estimate of drug-likeness (QED) is 0.794. The lowest BCUT2D eigenvalue weighted by Crippen LogP contribution is -2.07. The van der Waals surface area contributed by atoms with E-state index in [9.17, 15) is 4.39 Å². The zero-order chi connectivity index (χ0) is 13.1. The van der Waals surface area contributed by atoms with E-state index in [1.165, 1.54) is 12.1 Å². The average Bonchev–Trinajstić information content (AvgIpc) is 2.34. The number of halogens is 3. The third kappa shape index (κ3) is 3.24. The van der Waals surface area contributed by atoms with Crippen LogP contribution in [0, 0.1) is 5.82 Å². The standard InChI is InChI=1S/C14H12BrClFN/c1-9(10-2-4-11(16)5-3-10)18-14-8-12(17)6-7-13(14)15/h2-9,18H,1H3. The highest BCUT2D eigenvalue weighted by atomic mass is 79.9. The van der Waals surface area contributed by atoms with Crippen LogP contribution < -0.4 is 5.32 Å². The minimum absolute atomic E-state index is 0.0698. The molecule has 0 spiro atoms. The second-order valence-corrected chi connectivity index (χ2v) is 5.33. The molecule has 2 rings (SSSR count). The smallest absolute Gasteiger partial charge is 0.125 e. The largest absolute Gasteiger partial charge is 0.378 e. The Morgan fingerprint density at radius 2 is 1.83 bits per heavy atom. The van der Waals surface area contributed by atoms with Gasteiger partial charge in [0.2, 0.25) is 0 Å². The Morgan fingerprint density at radius 1 is 1.17 bits per heavy atom. The first kappa shape index (κ1) is 13.4. The van der Waals surface area contributed by atoms with E-state index in [4.69, 9.17) is 11.6 Å². The summed E-state index contributed by atoms with van der Waals surface area (Å²) in [6, 6.07) is 12.2. The summed E-state index contributed by atoms with van der Waals surface area (Å²) in [7, 11) is 0. The van der Waals surface area contributed by atoms with Gasteiger partial charge in [0.05, 0.1) is 5.69 Å². The first-order valence-electron chi connectivity index (χ1n) is 5.53. The Balaban J connectivity index is 2.18. The Hall–Kier alpha value is -1.06. The molecule has 1 unspecified atom stereocenters. The van der Waals surface area contributed by atoms with Crippen molar-refractivity contribution in [2.75, 3.05) is 5.32 Å². The Morgan fingerprint density at radius 3 is 2.50 bits per heavy atom. The fourth-order valence-corrected chi connectivity index (χ4v) is 2.16. The van der Waals surface area contributed by atoms with Gasteiger partial charge in [-0.3, -0.25) is 0 Å². The monoisotopic (exact) mass is 327 g/mol. The molecule has 2 aromatic rings. The van der Waals surface area contributed by atoms with E-state index in [0.717, 1.165) is 15.7 Å². The van der Waals surface area contributed by atoms with E-state index in [1.54, 1.807) is 6.07 Å². The SMILES string of the molecule is CC(Nc1cc(F)ccc1Br)c1ccc(Cl)cc1. The van der Waals surface area contributed by atoms with E-state index in [0.29, 0.717) is 5.02 Å². The van der Waals surface area contributed by atoms with E-state index in [1.807, 2.05) is 31.2 Å². The van der Waals surface area contributed by atoms with Gasteiger partial charge in [-0.05, 0) is 58.7 Å². The molecule has 0 radical (unpaired) electrons. The van der Waals surface area contributed by atoms with Crippen molar-refractivity contribution in [3.63, 3.8) is 0 Å². The summed E-state index contributed by atoms with van der Waals surface area (Å²) < 4.78 is 14.0. The molecule has 1 N–H and O–H groups in total. The lowest BCUT2D eigenvalue weighted by atomic mass is 10.1. The summed E-state index contributed by atoms with van der Waals surface area (Å²) >= 11 is 9.24. The molecule has 0 fully saturated rings. The first-order valence-corrected chi connectivity index (χ1v) is 6.70. The molecule has 18 heavy (non-hydrogen) atoms. The van der Waals surface area contributed by atoms with Crippen molar-refractivity contribution in [3.05, 3.63) is 63.3 Å². The third-order valence-corrected chi connectivity index (χ3v) is 3.61. The number of benzene rings is 2. The molecule has 0 saturated carbocycles. The molecule has 0 aliphatic carbocycles. The minimum atomic E-state index is -0.260. The van der Waals surface area contributed by atoms with Gasteiger partial charge in [0, 0.05) is 15.5 Å². The topological polar surface area (TPSA) is 12.0 Å². The molecule has 94 valence electrons. The maximum absolute atomic E-state index is 13.2. The third-order valence-electron chi connectivity index (χ3n) is 2.67. The Labute approximate surface area is 119 Å². The van der Waals surface area contributed by atoms with Gasteiger partial charge in [-0.25, -0.2) is 4.39 Å². The summed E-state index contributed by atoms with van der Waals surface area (Å²) in [5, 5.41) is 3.96. The first-order chi connectivity index (χ1) is 8.56. The lowest BCUT2D eigenvalue weighted by Gasteiger charge is -2.17. The second-order valence-electron chi connectivity index (χ2n) is 4.04. The number of hydrogen-bond donors (Lipinski definition) is 1. The van der Waals surface area contributed by atoms with Crippen LogP contribution in [0.1, 0.15) is 18.5 Å². The zero-order valence-corrected chi connectivity index (χ0v) is 12.1. The fraction of sp³-hybridized carbons (Fsp3) is 0.143. The number of nitrogens with one attached hydrogen (secondary N) is 1. The van der Waals surface area contributed by atoms with Crippen molar-refractivity contribution in [1.29, 1.82) is 0 Å². The molecule has 4 heteroatoms. The minimum Gasteiger partial charge on any atom is -0.378 e. The summed E-state index contributed by atoms with van der Waals surface area (Å²) in [5.41, 5.74) is 1.83. The molecule has 0 aromatic heterocycles. The number of rotatable bonds is 3. The van der Waals surface area contributed by atoms with Crippen LogP contribution in [-0.4, -0.2) is 0 Å². The van der Waals surface area contributed by atoms with Crippen molar-refractivity contribution in [2.45, 2.75) is 13.0 Å². The van der Waals surface area contributed by atoms with Crippen LogP contribution in [0.3, 0.4) is 0 Å². The van der Waals surface area contributed by atoms with Crippen molar-refractivity contribution in [2.24, 2.45) is 0 Å². The van der Waals surface area contributed by atoms with Crippen LogP contribution in [0.5, 0.6) is 0 Å². The summed E-state index contributed by atoms with van der Waals surface area (Å²) in [6.07, 6.45) is 0. The predicted molar refractivity (Wildman–Crippen MR) is 77.6 cm³/mol. The molecule has 1 atom stereocenters. The van der Waals surface area contributed by atoms with Crippen LogP contribution in [-0.2, 0) is 0 Å². The van der Waals surface area contributed by atoms with Gasteiger partial charge in [0.15, 0.2) is 0 Å². The van der Waals surface area contributed by atoms with Crippen LogP contribution in [0.2, 0.25) is 5.02 Å². The van der Waals surface area contributed by atoms with E-state index < -0.39 is 0 Å². The van der Waals surface area contributed by atoms with E-state index in [2.05, 4.69) is 21.2 Å². The summed E-state index contributed by atoms with van der Waals surface area (Å²) in [5.74, 6) is -0.260. The van der Waals surface area contributed by atoms with Gasteiger partial charge in [0.1, 0.15) is 5.82 Å². The number of hydrogen-bond acceptors (Lipinski definition) is 1. The highest BCUT2D eigenvalue weighted by Gasteiger charge is 2.08. The summed E-state index contributed by atoms with van der Waals surface area (Å²) in [6.45, 7) is 2.01. The lowest BCUT2D eigenvalue weighted by molar-refractivity contribution is 0.627. The molecular weight excluding hydrogens is 317 g/mol. The van der Waals surface area contributed by atoms with Crippen LogP contribution in [0.15, 0.2) is 46.9 Å². The summed E-state index contributed by atoms with van der Waals surface area (Å²) in [4.78, 5) is 0. The Kier molecular flexibility index (Phi) is 4.25. The van der Waals surface area contributed by atoms with Gasteiger partial charge in [-0.2, -0.15) is 0 Å². The highest BCUT2D eigenvalue weighted by molar-refractivity contribution is 9.10. The maximum atomic E-state index is 13.2. The zero-order valence-electron chi connectivity index (χ0n) is 9.75. The van der Waals surface area contributed by atoms with Gasteiger partial charge in [-0.1, -0.05) is 23.7 Å². The fourth-order valence-electron chi connectivity index (χ4n) is 1.68. The van der Waals surface area contributed by atoms with Crippen molar-refractivity contribution in [1.82, 2.24) is 0 Å². The van der Waals surface area contributed by atoms with E-state index >= 15 is 0 Å². The molecule has 0 saturated heterocycles. The van der Waals surface area contributed by atoms with Gasteiger partial charge in [-0.15, -0.1) is 0 Å². The van der Waals surface area contributed by atoms with Crippen LogP contribution in [0.4, 0.5) is 10.1 Å². The van der Waals surface area contributed by atoms with Gasteiger partial charge in [0.25, 0.3) is 0 Å². The molecule has 1 nitrogen and oxygen atoms in total. The second kappa shape index (κ2) is 5.72. The highest BCUT2D eigenvalue weighted by Crippen LogP contribution is 2.27. The van der Waals surface area contributed by atoms with E-state index in [-0.39, 0.29) is 11.9 Å². The predicted octanol–water partition coefficient (Wildman–Crippen LogP) is 5.41. The normalized spacial score (nSPS) is 12.2. The molecule has 0 amide bonds.